The highest BCUT2D eigenvalue weighted by Crippen LogP contribution is 2.17. The predicted molar refractivity (Wildman–Crippen MR) is 90.3 cm³/mol. The summed E-state index contributed by atoms with van der Waals surface area (Å²) in [5.74, 6) is 0. The van der Waals surface area contributed by atoms with Gasteiger partial charge < -0.3 is 13.3 Å². The highest BCUT2D eigenvalue weighted by atomic mass is 28.4. The molecule has 0 N–H and O–H groups in total. The zero-order chi connectivity index (χ0) is 15.6. The quantitative estimate of drug-likeness (QED) is 0.450. The van der Waals surface area contributed by atoms with Crippen LogP contribution in [-0.2, 0) is 19.7 Å². The summed E-state index contributed by atoms with van der Waals surface area (Å²) in [4.78, 5) is 0. The third-order valence-corrected chi connectivity index (χ3v) is 6.32. The van der Waals surface area contributed by atoms with Gasteiger partial charge in [-0.15, -0.1) is 0 Å². The summed E-state index contributed by atoms with van der Waals surface area (Å²) in [5.41, 5.74) is 2.51. The van der Waals surface area contributed by atoms with E-state index in [0.717, 1.165) is 18.9 Å². The minimum atomic E-state index is -2.45. The van der Waals surface area contributed by atoms with Gasteiger partial charge in [0.1, 0.15) is 0 Å². The van der Waals surface area contributed by atoms with E-state index >= 15 is 0 Å². The van der Waals surface area contributed by atoms with Crippen LogP contribution in [-0.4, -0.2) is 28.6 Å². The topological polar surface area (TPSA) is 27.7 Å². The zero-order valence-electron chi connectivity index (χ0n) is 13.6. The highest BCUT2D eigenvalue weighted by molar-refractivity contribution is 6.60. The van der Waals surface area contributed by atoms with Crippen LogP contribution in [0.25, 0.3) is 6.08 Å². The first kappa shape index (κ1) is 18.1. The molecule has 1 aromatic carbocycles. The smallest absolute Gasteiger partial charge is 0.374 e. The number of aryl methyl sites for hydroxylation is 1. The highest BCUT2D eigenvalue weighted by Gasteiger charge is 2.38. The maximum absolute atomic E-state index is 6.02. The van der Waals surface area contributed by atoms with Gasteiger partial charge in [0, 0.05) is 25.9 Å². The lowest BCUT2D eigenvalue weighted by atomic mass is 10.0. The maximum Gasteiger partial charge on any atom is 0.500 e. The maximum atomic E-state index is 6.02. The molecule has 1 aromatic rings. The fraction of sp³-hybridized carbons (Fsp3) is 0.529. The molecule has 0 saturated carbocycles. The number of hydrogen-bond donors (Lipinski definition) is 0. The van der Waals surface area contributed by atoms with Gasteiger partial charge in [-0.1, -0.05) is 43.8 Å². The van der Waals surface area contributed by atoms with Crippen molar-refractivity contribution in [1.29, 1.82) is 0 Å². The molecule has 0 aliphatic carbocycles. The Bertz CT molecular complexity index is 414. The van der Waals surface area contributed by atoms with Crippen LogP contribution in [0.1, 0.15) is 38.3 Å². The Hall–Kier alpha value is -0.943. The summed E-state index contributed by atoms with van der Waals surface area (Å²) in [6.45, 7) is 11.9. The van der Waals surface area contributed by atoms with Gasteiger partial charge in [0.25, 0.3) is 0 Å². The van der Waals surface area contributed by atoms with Crippen LogP contribution >= 0.6 is 0 Å². The molecule has 0 unspecified atom stereocenters. The van der Waals surface area contributed by atoms with Gasteiger partial charge in [-0.05, 0) is 37.8 Å². The summed E-state index contributed by atoms with van der Waals surface area (Å²) >= 11 is 0. The second kappa shape index (κ2) is 9.90. The summed E-state index contributed by atoms with van der Waals surface area (Å²) in [5, 5.41) is 0. The second-order valence-electron chi connectivity index (χ2n) is 4.76. The lowest BCUT2D eigenvalue weighted by Gasteiger charge is -2.27. The number of benzene rings is 1. The lowest BCUT2D eigenvalue weighted by Crippen LogP contribution is -2.45. The molecule has 0 amide bonds. The summed E-state index contributed by atoms with van der Waals surface area (Å²) in [6.07, 6.45) is 3.84. The Morgan fingerprint density at radius 3 is 2.29 bits per heavy atom. The molecule has 0 saturated heterocycles. The molecule has 118 valence electrons. The summed E-state index contributed by atoms with van der Waals surface area (Å²) in [6, 6.07) is 9.16. The first-order valence-electron chi connectivity index (χ1n) is 7.83. The molecule has 4 heteroatoms. The van der Waals surface area contributed by atoms with Crippen molar-refractivity contribution in [2.24, 2.45) is 0 Å². The van der Waals surface area contributed by atoms with Gasteiger partial charge in [-0.2, -0.15) is 0 Å². The van der Waals surface area contributed by atoms with E-state index in [1.807, 2.05) is 26.0 Å². The van der Waals surface area contributed by atoms with E-state index in [1.165, 1.54) is 11.1 Å². The van der Waals surface area contributed by atoms with Gasteiger partial charge in [0.05, 0.1) is 0 Å². The summed E-state index contributed by atoms with van der Waals surface area (Å²) in [7, 11) is -2.45. The minimum absolute atomic E-state index is 0.638. The molecule has 0 aliphatic rings. The van der Waals surface area contributed by atoms with Gasteiger partial charge in [0.2, 0.25) is 0 Å². The number of rotatable bonds is 11. The second-order valence-corrected chi connectivity index (χ2v) is 7.70. The van der Waals surface area contributed by atoms with E-state index in [4.69, 9.17) is 13.3 Å². The van der Waals surface area contributed by atoms with Crippen molar-refractivity contribution in [3.8, 4) is 0 Å². The molecule has 0 fully saturated rings. The molecular formula is C17H28O3Si. The monoisotopic (exact) mass is 308 g/mol. The van der Waals surface area contributed by atoms with Gasteiger partial charge in [-0.25, -0.2) is 0 Å². The normalized spacial score (nSPS) is 11.6. The van der Waals surface area contributed by atoms with Crippen molar-refractivity contribution in [3.05, 3.63) is 42.0 Å². The molecule has 0 aromatic heterocycles. The van der Waals surface area contributed by atoms with Crippen LogP contribution < -0.4 is 0 Å². The van der Waals surface area contributed by atoms with Crippen molar-refractivity contribution in [2.45, 2.75) is 39.7 Å². The molecule has 0 atom stereocenters. The SMILES string of the molecule is C=Cc1ccccc1CCCO[Si](CC)(OCC)OCC. The average Bonchev–Trinajstić information content (AvgIpc) is 2.52. The Morgan fingerprint density at radius 2 is 1.71 bits per heavy atom. The van der Waals surface area contributed by atoms with Crippen LogP contribution in [0.3, 0.4) is 0 Å². The minimum Gasteiger partial charge on any atom is -0.374 e. The predicted octanol–water partition coefficient (Wildman–Crippen LogP) is 4.31. The fourth-order valence-corrected chi connectivity index (χ4v) is 4.52. The van der Waals surface area contributed by atoms with E-state index in [-0.39, 0.29) is 0 Å². The van der Waals surface area contributed by atoms with Crippen molar-refractivity contribution in [3.63, 3.8) is 0 Å². The Morgan fingerprint density at radius 1 is 1.05 bits per heavy atom. The standard InChI is InChI=1S/C17H28O3Si/c1-5-16-12-9-10-13-17(16)14-11-15-20-21(8-4,18-6-2)19-7-3/h5,9-10,12-13H,1,6-8,11,14-15H2,2-4H3. The van der Waals surface area contributed by atoms with Crippen LogP contribution in [0, 0.1) is 0 Å². The van der Waals surface area contributed by atoms with Gasteiger partial charge in [0.15, 0.2) is 0 Å². The third-order valence-electron chi connectivity index (χ3n) is 3.35. The molecule has 0 heterocycles. The Balaban J connectivity index is 2.48. The Labute approximate surface area is 130 Å². The van der Waals surface area contributed by atoms with E-state index < -0.39 is 8.80 Å². The van der Waals surface area contributed by atoms with E-state index in [0.29, 0.717) is 19.8 Å². The van der Waals surface area contributed by atoms with E-state index in [9.17, 15) is 0 Å². The van der Waals surface area contributed by atoms with E-state index in [1.54, 1.807) is 0 Å². The summed E-state index contributed by atoms with van der Waals surface area (Å²) < 4.78 is 17.6. The molecule has 21 heavy (non-hydrogen) atoms. The fourth-order valence-electron chi connectivity index (χ4n) is 2.32. The van der Waals surface area contributed by atoms with Crippen LogP contribution in [0.5, 0.6) is 0 Å². The van der Waals surface area contributed by atoms with Crippen molar-refractivity contribution in [1.82, 2.24) is 0 Å². The number of hydrogen-bond acceptors (Lipinski definition) is 3. The Kier molecular flexibility index (Phi) is 8.53. The van der Waals surface area contributed by atoms with Crippen LogP contribution in [0.15, 0.2) is 30.8 Å². The van der Waals surface area contributed by atoms with Crippen molar-refractivity contribution < 1.29 is 13.3 Å². The molecule has 0 spiro atoms. The zero-order valence-corrected chi connectivity index (χ0v) is 14.6. The molecule has 0 bridgehead atoms. The van der Waals surface area contributed by atoms with Gasteiger partial charge in [-0.3, -0.25) is 0 Å². The molecule has 3 nitrogen and oxygen atoms in total. The van der Waals surface area contributed by atoms with Crippen LogP contribution in [0.2, 0.25) is 6.04 Å². The largest absolute Gasteiger partial charge is 0.500 e. The first-order valence-corrected chi connectivity index (χ1v) is 9.76. The lowest BCUT2D eigenvalue weighted by molar-refractivity contribution is 0.0674. The molecule has 0 aliphatic heterocycles. The van der Waals surface area contributed by atoms with Crippen molar-refractivity contribution in [2.75, 3.05) is 19.8 Å². The van der Waals surface area contributed by atoms with Gasteiger partial charge >= 0.3 is 8.80 Å². The molecule has 1 rings (SSSR count). The molecule has 0 radical (unpaired) electrons. The third kappa shape index (κ3) is 5.75. The van der Waals surface area contributed by atoms with E-state index in [2.05, 4.69) is 31.7 Å². The average molecular weight is 308 g/mol. The van der Waals surface area contributed by atoms with Crippen molar-refractivity contribution >= 4 is 14.9 Å². The first-order chi connectivity index (χ1) is 10.2. The molecular weight excluding hydrogens is 280 g/mol. The van der Waals surface area contributed by atoms with Crippen LogP contribution in [0.4, 0.5) is 0 Å².